The molecular formula is C17H20N2O. The smallest absolute Gasteiger partial charge is 0.240 e. The first-order chi connectivity index (χ1) is 9.74. The van der Waals surface area contributed by atoms with Crippen molar-refractivity contribution < 1.29 is 4.79 Å². The van der Waals surface area contributed by atoms with Gasteiger partial charge >= 0.3 is 0 Å². The van der Waals surface area contributed by atoms with Crippen LogP contribution < -0.4 is 5.43 Å². The Labute approximate surface area is 119 Å². The van der Waals surface area contributed by atoms with Crippen LogP contribution in [0.1, 0.15) is 50.2 Å². The van der Waals surface area contributed by atoms with Crippen LogP contribution in [0.5, 0.6) is 0 Å². The summed E-state index contributed by atoms with van der Waals surface area (Å²) >= 11 is 0. The van der Waals surface area contributed by atoms with Gasteiger partial charge in [0.25, 0.3) is 0 Å². The highest BCUT2D eigenvalue weighted by atomic mass is 16.2. The number of carbonyl (C=O) groups is 1. The predicted molar refractivity (Wildman–Crippen MR) is 81.3 cm³/mol. The van der Waals surface area contributed by atoms with Crippen LogP contribution in [0.4, 0.5) is 0 Å². The van der Waals surface area contributed by atoms with Crippen molar-refractivity contribution in [2.75, 3.05) is 0 Å². The number of hydrogen-bond acceptors (Lipinski definition) is 2. The molecule has 2 aliphatic rings. The first kappa shape index (κ1) is 13.1. The number of amides is 1. The van der Waals surface area contributed by atoms with E-state index in [2.05, 4.69) is 47.8 Å². The van der Waals surface area contributed by atoms with Crippen molar-refractivity contribution in [1.29, 1.82) is 0 Å². The second kappa shape index (κ2) is 5.61. The number of carbonyl (C=O) groups excluding carboxylic acids is 1. The van der Waals surface area contributed by atoms with Gasteiger partial charge in [-0.25, -0.2) is 5.43 Å². The lowest BCUT2D eigenvalue weighted by molar-refractivity contribution is -0.121. The van der Waals surface area contributed by atoms with Gasteiger partial charge in [-0.2, -0.15) is 5.10 Å². The Morgan fingerprint density at radius 2 is 1.90 bits per heavy atom. The first-order valence-corrected chi connectivity index (χ1v) is 7.40. The Morgan fingerprint density at radius 1 is 1.15 bits per heavy atom. The van der Waals surface area contributed by atoms with Gasteiger partial charge in [-0.1, -0.05) is 37.3 Å². The summed E-state index contributed by atoms with van der Waals surface area (Å²) in [7, 11) is 0. The number of nitrogens with zero attached hydrogens (tertiary/aromatic N) is 1. The number of allylic oxidation sites excluding steroid dienone is 2. The second-order valence-corrected chi connectivity index (χ2v) is 5.69. The minimum absolute atomic E-state index is 0.00484. The zero-order chi connectivity index (χ0) is 13.9. The molecule has 1 heterocycles. The lowest BCUT2D eigenvalue weighted by Crippen LogP contribution is -2.31. The molecule has 0 radical (unpaired) electrons. The lowest BCUT2D eigenvalue weighted by Gasteiger charge is -2.19. The highest BCUT2D eigenvalue weighted by molar-refractivity contribution is 6.05. The molecule has 3 nitrogen and oxygen atoms in total. The summed E-state index contributed by atoms with van der Waals surface area (Å²) in [6.45, 7) is 2.05. The number of rotatable bonds is 2. The average molecular weight is 268 g/mol. The Hall–Kier alpha value is -1.90. The van der Waals surface area contributed by atoms with Gasteiger partial charge in [0.1, 0.15) is 0 Å². The summed E-state index contributed by atoms with van der Waals surface area (Å²) in [5.41, 5.74) is 7.45. The number of hydrogen-bond donors (Lipinski definition) is 1. The van der Waals surface area contributed by atoms with Crippen LogP contribution in [-0.4, -0.2) is 11.6 Å². The maximum absolute atomic E-state index is 11.3. The van der Waals surface area contributed by atoms with E-state index >= 15 is 0 Å². The van der Waals surface area contributed by atoms with E-state index in [1.54, 1.807) is 0 Å². The van der Waals surface area contributed by atoms with Gasteiger partial charge < -0.3 is 0 Å². The molecular weight excluding hydrogens is 248 g/mol. The molecule has 1 aliphatic heterocycles. The Balaban J connectivity index is 1.82. The minimum atomic E-state index is 0.00484. The third-order valence-corrected chi connectivity index (χ3v) is 4.10. The fourth-order valence-electron chi connectivity index (χ4n) is 2.96. The predicted octanol–water partition coefficient (Wildman–Crippen LogP) is 3.50. The Morgan fingerprint density at radius 3 is 2.55 bits per heavy atom. The summed E-state index contributed by atoms with van der Waals surface area (Å²) in [6.07, 6.45) is 7.88. The molecule has 1 amide bonds. The maximum atomic E-state index is 11.3. The molecule has 1 N–H and O–H groups in total. The fraction of sp³-hybridized carbons (Fsp3) is 0.412. The van der Waals surface area contributed by atoms with Crippen molar-refractivity contribution >= 4 is 17.2 Å². The van der Waals surface area contributed by atoms with E-state index in [0.717, 1.165) is 11.3 Å². The summed E-state index contributed by atoms with van der Waals surface area (Å²) < 4.78 is 0. The zero-order valence-electron chi connectivity index (χ0n) is 11.9. The molecule has 3 heteroatoms. The van der Waals surface area contributed by atoms with Gasteiger partial charge in [0.15, 0.2) is 0 Å². The van der Waals surface area contributed by atoms with Gasteiger partial charge in [0, 0.05) is 12.3 Å². The molecule has 104 valence electrons. The van der Waals surface area contributed by atoms with Crippen molar-refractivity contribution in [2.24, 2.45) is 11.0 Å². The molecule has 0 fully saturated rings. The molecule has 1 aromatic rings. The van der Waals surface area contributed by atoms with Gasteiger partial charge in [-0.05, 0) is 42.4 Å². The Bertz CT molecular complexity index is 569. The molecule has 1 aromatic carbocycles. The quantitative estimate of drug-likeness (QED) is 0.876. The molecule has 0 saturated carbocycles. The van der Waals surface area contributed by atoms with Crippen LogP contribution in [0.15, 0.2) is 35.4 Å². The van der Waals surface area contributed by atoms with Gasteiger partial charge in [0.2, 0.25) is 5.91 Å². The molecule has 1 atom stereocenters. The van der Waals surface area contributed by atoms with Crippen molar-refractivity contribution in [3.63, 3.8) is 0 Å². The second-order valence-electron chi connectivity index (χ2n) is 5.69. The van der Waals surface area contributed by atoms with E-state index in [9.17, 15) is 4.79 Å². The van der Waals surface area contributed by atoms with Crippen LogP contribution in [-0.2, 0) is 4.79 Å². The van der Waals surface area contributed by atoms with Crippen LogP contribution in [0.2, 0.25) is 0 Å². The van der Waals surface area contributed by atoms with Crippen LogP contribution in [0.3, 0.4) is 0 Å². The van der Waals surface area contributed by atoms with Gasteiger partial charge in [-0.3, -0.25) is 4.79 Å². The summed E-state index contributed by atoms with van der Waals surface area (Å²) in [6, 6.07) is 8.60. The summed E-state index contributed by atoms with van der Waals surface area (Å²) in [5.74, 6) is 0.189. The van der Waals surface area contributed by atoms with Crippen molar-refractivity contribution in [2.45, 2.75) is 39.0 Å². The van der Waals surface area contributed by atoms with Gasteiger partial charge in [-0.15, -0.1) is 0 Å². The highest BCUT2D eigenvalue weighted by Gasteiger charge is 2.21. The summed E-state index contributed by atoms with van der Waals surface area (Å²) in [5, 5.41) is 4.21. The normalized spacial score (nSPS) is 22.9. The maximum Gasteiger partial charge on any atom is 0.240 e. The SMILES string of the molecule is C[C@@H]1CC(=O)NN=C1c1ccc(C2=CCCCC2)cc1. The van der Waals surface area contributed by atoms with E-state index in [1.165, 1.54) is 36.8 Å². The van der Waals surface area contributed by atoms with Crippen molar-refractivity contribution in [1.82, 2.24) is 5.43 Å². The third kappa shape index (κ3) is 2.67. The number of benzene rings is 1. The Kier molecular flexibility index (Phi) is 3.68. The molecule has 0 spiro atoms. The largest absolute Gasteiger partial charge is 0.273 e. The third-order valence-electron chi connectivity index (χ3n) is 4.10. The molecule has 0 bridgehead atoms. The molecule has 20 heavy (non-hydrogen) atoms. The lowest BCUT2D eigenvalue weighted by atomic mass is 9.90. The van der Waals surface area contributed by atoms with Gasteiger partial charge in [0.05, 0.1) is 5.71 Å². The van der Waals surface area contributed by atoms with Crippen LogP contribution in [0, 0.1) is 5.92 Å². The molecule has 3 rings (SSSR count). The highest BCUT2D eigenvalue weighted by Crippen LogP contribution is 2.27. The topological polar surface area (TPSA) is 41.5 Å². The molecule has 0 saturated heterocycles. The van der Waals surface area contributed by atoms with Crippen molar-refractivity contribution in [3.05, 3.63) is 41.5 Å². The number of nitrogens with one attached hydrogen (secondary N) is 1. The minimum Gasteiger partial charge on any atom is -0.273 e. The monoisotopic (exact) mass is 268 g/mol. The van der Waals surface area contributed by atoms with Crippen LogP contribution >= 0.6 is 0 Å². The van der Waals surface area contributed by atoms with Crippen LogP contribution in [0.25, 0.3) is 5.57 Å². The van der Waals surface area contributed by atoms with E-state index in [1.807, 2.05) is 0 Å². The van der Waals surface area contributed by atoms with E-state index in [0.29, 0.717) is 6.42 Å². The van der Waals surface area contributed by atoms with E-state index in [4.69, 9.17) is 0 Å². The van der Waals surface area contributed by atoms with E-state index in [-0.39, 0.29) is 11.8 Å². The molecule has 1 aliphatic carbocycles. The average Bonchev–Trinajstić information content (AvgIpc) is 2.48. The number of hydrazone groups is 1. The van der Waals surface area contributed by atoms with E-state index < -0.39 is 0 Å². The standard InChI is InChI=1S/C17H20N2O/c1-12-11-16(20)18-19-17(12)15-9-7-14(8-10-15)13-5-3-2-4-6-13/h5,7-10,12H,2-4,6,11H2,1H3,(H,18,20)/t12-/m1/s1. The first-order valence-electron chi connectivity index (χ1n) is 7.40. The summed E-state index contributed by atoms with van der Waals surface area (Å²) in [4.78, 5) is 11.3. The molecule has 0 unspecified atom stereocenters. The van der Waals surface area contributed by atoms with Crippen molar-refractivity contribution in [3.8, 4) is 0 Å². The zero-order valence-corrected chi connectivity index (χ0v) is 11.9. The molecule has 0 aromatic heterocycles. The fourth-order valence-corrected chi connectivity index (χ4v) is 2.96.